The predicted molar refractivity (Wildman–Crippen MR) is 75.1 cm³/mol. The van der Waals surface area contributed by atoms with Gasteiger partial charge in [-0.15, -0.1) is 0 Å². The standard InChI is InChI=1S/C13H23N5/c1-4-15-12-9-14-10-13(16-12)18-7-5-11(6-8-18)17(2)3/h9-11H,4-8H2,1-3H3,(H,15,16). The zero-order chi connectivity index (χ0) is 13.0. The Morgan fingerprint density at radius 2 is 2.06 bits per heavy atom. The van der Waals surface area contributed by atoms with Crippen molar-refractivity contribution in [2.24, 2.45) is 0 Å². The van der Waals surface area contributed by atoms with Crippen molar-refractivity contribution in [3.63, 3.8) is 0 Å². The third-order valence-corrected chi connectivity index (χ3v) is 3.50. The molecular formula is C13H23N5. The first-order valence-corrected chi connectivity index (χ1v) is 6.68. The number of nitrogens with zero attached hydrogens (tertiary/aromatic N) is 4. The molecule has 0 radical (unpaired) electrons. The van der Waals surface area contributed by atoms with E-state index in [0.29, 0.717) is 6.04 Å². The van der Waals surface area contributed by atoms with E-state index in [4.69, 9.17) is 0 Å². The maximum Gasteiger partial charge on any atom is 0.149 e. The Hall–Kier alpha value is -1.36. The molecule has 1 aromatic rings. The minimum atomic E-state index is 0.700. The SMILES string of the molecule is CCNc1cncc(N2CCC(N(C)C)CC2)n1. The minimum Gasteiger partial charge on any atom is -0.369 e. The third-order valence-electron chi connectivity index (χ3n) is 3.50. The molecule has 1 aliphatic heterocycles. The lowest BCUT2D eigenvalue weighted by Crippen LogP contribution is -2.42. The van der Waals surface area contributed by atoms with Crippen molar-refractivity contribution in [3.8, 4) is 0 Å². The molecule has 5 heteroatoms. The molecule has 0 aliphatic carbocycles. The van der Waals surface area contributed by atoms with Gasteiger partial charge in [-0.3, -0.25) is 4.98 Å². The van der Waals surface area contributed by atoms with E-state index in [1.807, 2.05) is 6.20 Å². The van der Waals surface area contributed by atoms with Gasteiger partial charge in [-0.05, 0) is 33.9 Å². The van der Waals surface area contributed by atoms with Crippen molar-refractivity contribution < 1.29 is 0 Å². The van der Waals surface area contributed by atoms with E-state index >= 15 is 0 Å². The Kier molecular flexibility index (Phi) is 4.36. The highest BCUT2D eigenvalue weighted by Crippen LogP contribution is 2.20. The van der Waals surface area contributed by atoms with Crippen LogP contribution in [0, 0.1) is 0 Å². The monoisotopic (exact) mass is 249 g/mol. The summed E-state index contributed by atoms with van der Waals surface area (Å²) in [6, 6.07) is 0.700. The molecule has 0 spiro atoms. The van der Waals surface area contributed by atoms with Crippen LogP contribution in [0.3, 0.4) is 0 Å². The zero-order valence-corrected chi connectivity index (χ0v) is 11.6. The van der Waals surface area contributed by atoms with Crippen LogP contribution in [0.25, 0.3) is 0 Å². The number of piperidine rings is 1. The summed E-state index contributed by atoms with van der Waals surface area (Å²) in [5, 5.41) is 3.21. The molecule has 0 bridgehead atoms. The van der Waals surface area contributed by atoms with Crippen LogP contribution >= 0.6 is 0 Å². The predicted octanol–water partition coefficient (Wildman–Crippen LogP) is 1.44. The topological polar surface area (TPSA) is 44.3 Å². The van der Waals surface area contributed by atoms with Gasteiger partial charge in [0.1, 0.15) is 11.6 Å². The van der Waals surface area contributed by atoms with Crippen LogP contribution in [0.2, 0.25) is 0 Å². The molecule has 2 rings (SSSR count). The molecular weight excluding hydrogens is 226 g/mol. The van der Waals surface area contributed by atoms with Crippen LogP contribution in [0.4, 0.5) is 11.6 Å². The number of anilines is 2. The summed E-state index contributed by atoms with van der Waals surface area (Å²) >= 11 is 0. The largest absolute Gasteiger partial charge is 0.369 e. The summed E-state index contributed by atoms with van der Waals surface area (Å²) in [5.74, 6) is 1.86. The summed E-state index contributed by atoms with van der Waals surface area (Å²) < 4.78 is 0. The molecule has 1 aliphatic rings. The van der Waals surface area contributed by atoms with Crippen LogP contribution in [0.5, 0.6) is 0 Å². The van der Waals surface area contributed by atoms with E-state index in [2.05, 4.69) is 46.1 Å². The maximum absolute atomic E-state index is 4.59. The first-order valence-electron chi connectivity index (χ1n) is 6.68. The second kappa shape index (κ2) is 6.00. The van der Waals surface area contributed by atoms with Gasteiger partial charge in [-0.1, -0.05) is 0 Å². The number of rotatable bonds is 4. The summed E-state index contributed by atoms with van der Waals surface area (Å²) in [6.45, 7) is 5.07. The van der Waals surface area contributed by atoms with Crippen LogP contribution in [-0.2, 0) is 0 Å². The number of nitrogens with one attached hydrogen (secondary N) is 1. The highest BCUT2D eigenvalue weighted by Gasteiger charge is 2.21. The fraction of sp³-hybridized carbons (Fsp3) is 0.692. The molecule has 0 atom stereocenters. The van der Waals surface area contributed by atoms with Gasteiger partial charge in [-0.25, -0.2) is 4.98 Å². The van der Waals surface area contributed by atoms with Crippen molar-refractivity contribution in [1.29, 1.82) is 0 Å². The molecule has 1 fully saturated rings. The maximum atomic E-state index is 4.59. The Labute approximate surface area is 109 Å². The van der Waals surface area contributed by atoms with Crippen molar-refractivity contribution in [1.82, 2.24) is 14.9 Å². The van der Waals surface area contributed by atoms with E-state index in [1.54, 1.807) is 6.20 Å². The smallest absolute Gasteiger partial charge is 0.149 e. The highest BCUT2D eigenvalue weighted by molar-refractivity contribution is 5.44. The van der Waals surface area contributed by atoms with Gasteiger partial charge in [0.25, 0.3) is 0 Å². The number of hydrogen-bond donors (Lipinski definition) is 1. The normalized spacial score (nSPS) is 17.2. The van der Waals surface area contributed by atoms with Gasteiger partial charge in [0.05, 0.1) is 12.4 Å². The van der Waals surface area contributed by atoms with Crippen LogP contribution in [-0.4, -0.2) is 54.6 Å². The van der Waals surface area contributed by atoms with Gasteiger partial charge < -0.3 is 15.1 Å². The second-order valence-corrected chi connectivity index (χ2v) is 4.97. The molecule has 0 unspecified atom stereocenters. The lowest BCUT2D eigenvalue weighted by molar-refractivity contribution is 0.249. The fourth-order valence-corrected chi connectivity index (χ4v) is 2.39. The molecule has 100 valence electrons. The Morgan fingerprint density at radius 1 is 1.33 bits per heavy atom. The van der Waals surface area contributed by atoms with Crippen molar-refractivity contribution >= 4 is 11.6 Å². The van der Waals surface area contributed by atoms with Gasteiger partial charge >= 0.3 is 0 Å². The second-order valence-electron chi connectivity index (χ2n) is 4.97. The highest BCUT2D eigenvalue weighted by atomic mass is 15.2. The molecule has 0 saturated carbocycles. The van der Waals surface area contributed by atoms with Gasteiger partial charge in [0, 0.05) is 25.7 Å². The average molecular weight is 249 g/mol. The molecule has 1 saturated heterocycles. The molecule has 18 heavy (non-hydrogen) atoms. The van der Waals surface area contributed by atoms with Gasteiger partial charge in [0.2, 0.25) is 0 Å². The summed E-state index contributed by atoms with van der Waals surface area (Å²) in [6.07, 6.45) is 6.02. The zero-order valence-electron chi connectivity index (χ0n) is 11.6. The van der Waals surface area contributed by atoms with E-state index in [9.17, 15) is 0 Å². The molecule has 5 nitrogen and oxygen atoms in total. The summed E-state index contributed by atoms with van der Waals surface area (Å²) in [4.78, 5) is 13.5. The van der Waals surface area contributed by atoms with E-state index in [1.165, 1.54) is 12.8 Å². The summed E-state index contributed by atoms with van der Waals surface area (Å²) in [7, 11) is 4.32. The third kappa shape index (κ3) is 3.10. The van der Waals surface area contributed by atoms with Gasteiger partial charge in [0.15, 0.2) is 0 Å². The van der Waals surface area contributed by atoms with Crippen LogP contribution in [0.15, 0.2) is 12.4 Å². The van der Waals surface area contributed by atoms with Crippen molar-refractivity contribution in [2.45, 2.75) is 25.8 Å². The Balaban J connectivity index is 1.98. The van der Waals surface area contributed by atoms with E-state index < -0.39 is 0 Å². The first kappa shape index (κ1) is 13.1. The lowest BCUT2D eigenvalue weighted by Gasteiger charge is -2.35. The van der Waals surface area contributed by atoms with Crippen LogP contribution in [0.1, 0.15) is 19.8 Å². The molecule has 2 heterocycles. The average Bonchev–Trinajstić information content (AvgIpc) is 2.39. The lowest BCUT2D eigenvalue weighted by atomic mass is 10.0. The van der Waals surface area contributed by atoms with E-state index in [-0.39, 0.29) is 0 Å². The Bertz CT molecular complexity index is 371. The van der Waals surface area contributed by atoms with E-state index in [0.717, 1.165) is 31.3 Å². The number of hydrogen-bond acceptors (Lipinski definition) is 5. The Morgan fingerprint density at radius 3 is 2.67 bits per heavy atom. The fourth-order valence-electron chi connectivity index (χ4n) is 2.39. The first-order chi connectivity index (χ1) is 8.70. The molecule has 0 amide bonds. The quantitative estimate of drug-likeness (QED) is 0.874. The molecule has 1 aromatic heterocycles. The number of aromatic nitrogens is 2. The van der Waals surface area contributed by atoms with Crippen LogP contribution < -0.4 is 10.2 Å². The molecule has 1 N–H and O–H groups in total. The molecule has 0 aromatic carbocycles. The van der Waals surface area contributed by atoms with Crippen molar-refractivity contribution in [2.75, 3.05) is 43.9 Å². The van der Waals surface area contributed by atoms with Gasteiger partial charge in [-0.2, -0.15) is 0 Å². The minimum absolute atomic E-state index is 0.700. The summed E-state index contributed by atoms with van der Waals surface area (Å²) in [5.41, 5.74) is 0. The van der Waals surface area contributed by atoms with Crippen molar-refractivity contribution in [3.05, 3.63) is 12.4 Å².